The van der Waals surface area contributed by atoms with Gasteiger partial charge < -0.3 is 10.6 Å². The van der Waals surface area contributed by atoms with E-state index in [1.54, 1.807) is 4.90 Å². The highest BCUT2D eigenvalue weighted by molar-refractivity contribution is 7.85. The monoisotopic (exact) mass is 266 g/mol. The second-order valence-corrected chi connectivity index (χ2v) is 6.17. The molecule has 4 nitrogen and oxygen atoms in total. The van der Waals surface area contributed by atoms with Crippen LogP contribution in [0.4, 0.5) is 0 Å². The molecule has 1 heterocycles. The zero-order valence-corrected chi connectivity index (χ0v) is 11.1. The summed E-state index contributed by atoms with van der Waals surface area (Å²) in [5.74, 6) is 1.11. The first-order chi connectivity index (χ1) is 8.66. The molecular weight excluding hydrogens is 248 g/mol. The average molecular weight is 266 g/mol. The van der Waals surface area contributed by atoms with Crippen molar-refractivity contribution in [3.8, 4) is 0 Å². The minimum atomic E-state index is -0.763. The summed E-state index contributed by atoms with van der Waals surface area (Å²) in [6.45, 7) is 1.13. The van der Waals surface area contributed by atoms with Gasteiger partial charge in [0, 0.05) is 35.4 Å². The van der Waals surface area contributed by atoms with Gasteiger partial charge in [-0.15, -0.1) is 0 Å². The standard InChI is InChI=1S/C13H18N2O2S/c14-12(10-11-4-2-1-3-5-11)13(16)15-6-8-18(17)9-7-15/h1-5,12H,6-10,14H2/t12-/m0/s1. The Morgan fingerprint density at radius 3 is 2.50 bits per heavy atom. The molecule has 1 fully saturated rings. The second kappa shape index (κ2) is 6.11. The maximum Gasteiger partial charge on any atom is 0.239 e. The van der Waals surface area contributed by atoms with Crippen LogP contribution >= 0.6 is 0 Å². The summed E-state index contributed by atoms with van der Waals surface area (Å²) >= 11 is 0. The van der Waals surface area contributed by atoms with Crippen molar-refractivity contribution in [2.45, 2.75) is 12.5 Å². The van der Waals surface area contributed by atoms with Crippen LogP contribution in [0.25, 0.3) is 0 Å². The van der Waals surface area contributed by atoms with Gasteiger partial charge in [-0.2, -0.15) is 0 Å². The number of nitrogens with two attached hydrogens (primary N) is 1. The van der Waals surface area contributed by atoms with Crippen LogP contribution in [0.2, 0.25) is 0 Å². The maximum absolute atomic E-state index is 12.1. The van der Waals surface area contributed by atoms with E-state index in [0.29, 0.717) is 31.0 Å². The van der Waals surface area contributed by atoms with Crippen LogP contribution in [0.3, 0.4) is 0 Å². The Kier molecular flexibility index (Phi) is 4.49. The highest BCUT2D eigenvalue weighted by atomic mass is 32.2. The molecule has 0 radical (unpaired) electrons. The number of amides is 1. The van der Waals surface area contributed by atoms with Crippen LogP contribution in [-0.4, -0.2) is 45.7 Å². The predicted molar refractivity (Wildman–Crippen MR) is 72.6 cm³/mol. The van der Waals surface area contributed by atoms with Gasteiger partial charge in [-0.25, -0.2) is 0 Å². The van der Waals surface area contributed by atoms with E-state index in [9.17, 15) is 9.00 Å². The van der Waals surface area contributed by atoms with E-state index < -0.39 is 16.8 Å². The molecule has 18 heavy (non-hydrogen) atoms. The third kappa shape index (κ3) is 3.40. The van der Waals surface area contributed by atoms with Gasteiger partial charge in [-0.05, 0) is 12.0 Å². The molecular formula is C13H18N2O2S. The molecule has 5 heteroatoms. The Hall–Kier alpha value is -1.20. The van der Waals surface area contributed by atoms with Crippen LogP contribution in [-0.2, 0) is 22.0 Å². The van der Waals surface area contributed by atoms with Gasteiger partial charge in [-0.1, -0.05) is 30.3 Å². The van der Waals surface area contributed by atoms with E-state index in [4.69, 9.17) is 5.73 Å². The molecule has 0 spiro atoms. The molecule has 98 valence electrons. The van der Waals surface area contributed by atoms with Crippen molar-refractivity contribution in [3.63, 3.8) is 0 Å². The summed E-state index contributed by atoms with van der Waals surface area (Å²) in [5, 5.41) is 0. The van der Waals surface area contributed by atoms with Gasteiger partial charge >= 0.3 is 0 Å². The molecule has 1 aliphatic rings. The zero-order chi connectivity index (χ0) is 13.0. The topological polar surface area (TPSA) is 63.4 Å². The fourth-order valence-corrected chi connectivity index (χ4v) is 3.10. The van der Waals surface area contributed by atoms with Crippen LogP contribution in [0.1, 0.15) is 5.56 Å². The quantitative estimate of drug-likeness (QED) is 0.847. The van der Waals surface area contributed by atoms with Crippen molar-refractivity contribution >= 4 is 16.7 Å². The summed E-state index contributed by atoms with van der Waals surface area (Å²) in [4.78, 5) is 13.8. The van der Waals surface area contributed by atoms with E-state index in [1.165, 1.54) is 0 Å². The van der Waals surface area contributed by atoms with E-state index in [-0.39, 0.29) is 5.91 Å². The first-order valence-electron chi connectivity index (χ1n) is 6.10. The molecule has 1 aliphatic heterocycles. The first kappa shape index (κ1) is 13.2. The molecule has 1 amide bonds. The van der Waals surface area contributed by atoms with Crippen LogP contribution in [0, 0.1) is 0 Å². The summed E-state index contributed by atoms with van der Waals surface area (Å²) < 4.78 is 11.2. The highest BCUT2D eigenvalue weighted by Crippen LogP contribution is 2.07. The molecule has 0 bridgehead atoms. The fourth-order valence-electron chi connectivity index (χ4n) is 2.05. The van der Waals surface area contributed by atoms with E-state index in [0.717, 1.165) is 5.56 Å². The fraction of sp³-hybridized carbons (Fsp3) is 0.462. The molecule has 0 unspecified atom stereocenters. The molecule has 2 N–H and O–H groups in total. The maximum atomic E-state index is 12.1. The first-order valence-corrected chi connectivity index (χ1v) is 7.59. The molecule has 2 rings (SSSR count). The lowest BCUT2D eigenvalue weighted by Crippen LogP contribution is -2.49. The van der Waals surface area contributed by atoms with Gasteiger partial charge in [0.15, 0.2) is 0 Å². The Bertz CT molecular complexity index is 426. The Balaban J connectivity index is 1.91. The summed E-state index contributed by atoms with van der Waals surface area (Å²) in [6.07, 6.45) is 0.555. The lowest BCUT2D eigenvalue weighted by molar-refractivity contribution is -0.132. The summed E-state index contributed by atoms with van der Waals surface area (Å²) in [6, 6.07) is 9.26. The number of carbonyl (C=O) groups is 1. The van der Waals surface area contributed by atoms with E-state index in [1.807, 2.05) is 30.3 Å². The molecule has 1 atom stereocenters. The number of rotatable bonds is 3. The Morgan fingerprint density at radius 1 is 1.28 bits per heavy atom. The zero-order valence-electron chi connectivity index (χ0n) is 10.2. The molecule has 1 saturated heterocycles. The van der Waals surface area contributed by atoms with Crippen molar-refractivity contribution in [1.29, 1.82) is 0 Å². The minimum absolute atomic E-state index is 0.0319. The smallest absolute Gasteiger partial charge is 0.239 e. The molecule has 0 aromatic heterocycles. The number of carbonyl (C=O) groups excluding carboxylic acids is 1. The lowest BCUT2D eigenvalue weighted by atomic mass is 10.1. The van der Waals surface area contributed by atoms with Crippen LogP contribution < -0.4 is 5.73 Å². The minimum Gasteiger partial charge on any atom is -0.339 e. The predicted octanol–water partition coefficient (Wildman–Crippen LogP) is 0.147. The van der Waals surface area contributed by atoms with Crippen molar-refractivity contribution in [2.24, 2.45) is 5.73 Å². The number of hydrogen-bond acceptors (Lipinski definition) is 3. The Labute approximate surface area is 110 Å². The van der Waals surface area contributed by atoms with E-state index in [2.05, 4.69) is 0 Å². The van der Waals surface area contributed by atoms with Gasteiger partial charge in [0.05, 0.1) is 6.04 Å². The second-order valence-electron chi connectivity index (χ2n) is 4.47. The number of benzene rings is 1. The third-order valence-electron chi connectivity index (χ3n) is 3.11. The van der Waals surface area contributed by atoms with Gasteiger partial charge in [-0.3, -0.25) is 9.00 Å². The normalized spacial score (nSPS) is 18.6. The van der Waals surface area contributed by atoms with Crippen molar-refractivity contribution in [1.82, 2.24) is 4.90 Å². The van der Waals surface area contributed by atoms with E-state index >= 15 is 0 Å². The molecule has 1 aromatic rings. The highest BCUT2D eigenvalue weighted by Gasteiger charge is 2.24. The summed E-state index contributed by atoms with van der Waals surface area (Å²) in [7, 11) is -0.763. The van der Waals surface area contributed by atoms with Crippen LogP contribution in [0.15, 0.2) is 30.3 Å². The van der Waals surface area contributed by atoms with Crippen molar-refractivity contribution in [2.75, 3.05) is 24.6 Å². The van der Waals surface area contributed by atoms with Gasteiger partial charge in [0.2, 0.25) is 5.91 Å². The van der Waals surface area contributed by atoms with Gasteiger partial charge in [0.1, 0.15) is 0 Å². The van der Waals surface area contributed by atoms with Crippen molar-refractivity contribution in [3.05, 3.63) is 35.9 Å². The number of nitrogens with zero attached hydrogens (tertiary/aromatic N) is 1. The molecule has 0 saturated carbocycles. The SMILES string of the molecule is N[C@@H](Cc1ccccc1)C(=O)N1CCS(=O)CC1. The third-order valence-corrected chi connectivity index (χ3v) is 4.38. The Morgan fingerprint density at radius 2 is 1.89 bits per heavy atom. The van der Waals surface area contributed by atoms with Crippen LogP contribution in [0.5, 0.6) is 0 Å². The lowest BCUT2D eigenvalue weighted by Gasteiger charge is -2.28. The summed E-state index contributed by atoms with van der Waals surface area (Å²) in [5.41, 5.74) is 7.02. The number of hydrogen-bond donors (Lipinski definition) is 1. The molecule has 1 aromatic carbocycles. The molecule has 0 aliphatic carbocycles. The van der Waals surface area contributed by atoms with Gasteiger partial charge in [0.25, 0.3) is 0 Å². The largest absolute Gasteiger partial charge is 0.339 e. The van der Waals surface area contributed by atoms with Crippen molar-refractivity contribution < 1.29 is 9.00 Å². The average Bonchev–Trinajstić information content (AvgIpc) is 2.40.